The molecule has 0 bridgehead atoms. The average molecular weight is 281 g/mol. The summed E-state index contributed by atoms with van der Waals surface area (Å²) in [5.74, 6) is -0.556. The van der Waals surface area contributed by atoms with Gasteiger partial charge in [-0.3, -0.25) is 4.79 Å². The number of benzene rings is 1. The van der Waals surface area contributed by atoms with Gasteiger partial charge in [-0.1, -0.05) is 19.1 Å². The molecule has 0 radical (unpaired) electrons. The molecule has 1 amide bonds. The van der Waals surface area contributed by atoms with Crippen LogP contribution in [0.25, 0.3) is 0 Å². The van der Waals surface area contributed by atoms with Gasteiger partial charge in [-0.2, -0.15) is 0 Å². The third-order valence-corrected chi connectivity index (χ3v) is 3.11. The zero-order valence-electron chi connectivity index (χ0n) is 12.5. The average Bonchev–Trinajstić information content (AvgIpc) is 2.41. The number of rotatable bonds is 8. The van der Waals surface area contributed by atoms with E-state index < -0.39 is 5.82 Å². The van der Waals surface area contributed by atoms with Crippen LogP contribution in [0.15, 0.2) is 24.3 Å². The maximum Gasteiger partial charge on any atom is 0.225 e. The van der Waals surface area contributed by atoms with Gasteiger partial charge in [0.25, 0.3) is 0 Å². The van der Waals surface area contributed by atoms with Crippen molar-refractivity contribution >= 4 is 11.6 Å². The number of hydrogen-bond donors (Lipinski definition) is 1. The monoisotopic (exact) mass is 281 g/mol. The molecule has 0 unspecified atom stereocenters. The highest BCUT2D eigenvalue weighted by Crippen LogP contribution is 2.12. The van der Waals surface area contributed by atoms with E-state index in [9.17, 15) is 9.18 Å². The van der Waals surface area contributed by atoms with Gasteiger partial charge in [0.15, 0.2) is 0 Å². The van der Waals surface area contributed by atoms with Crippen LogP contribution in [0.3, 0.4) is 0 Å². The van der Waals surface area contributed by atoms with Crippen molar-refractivity contribution in [2.75, 3.05) is 45.6 Å². The Hall–Kier alpha value is -1.46. The number of carbonyl (C=O) groups excluding carboxylic acids is 1. The fourth-order valence-electron chi connectivity index (χ4n) is 1.80. The van der Waals surface area contributed by atoms with E-state index in [0.717, 1.165) is 19.6 Å². The lowest BCUT2D eigenvalue weighted by Gasteiger charge is -2.22. The fourth-order valence-corrected chi connectivity index (χ4v) is 1.80. The van der Waals surface area contributed by atoms with Crippen LogP contribution < -0.4 is 5.32 Å². The summed E-state index contributed by atoms with van der Waals surface area (Å²) in [6.45, 7) is 5.55. The molecule has 0 saturated heterocycles. The molecule has 1 rings (SSSR count). The fraction of sp³-hybridized carbons (Fsp3) is 0.533. The van der Waals surface area contributed by atoms with E-state index in [1.807, 2.05) is 14.1 Å². The minimum absolute atomic E-state index is 0.154. The standard InChI is InChI=1S/C15H24FN3O/c1-4-19(12-11-18(2)3)10-9-15(20)17-14-8-6-5-7-13(14)16/h5-8H,4,9-12H2,1-3H3,(H,17,20). The summed E-state index contributed by atoms with van der Waals surface area (Å²) in [6.07, 6.45) is 0.371. The molecule has 5 heteroatoms. The van der Waals surface area contributed by atoms with E-state index in [2.05, 4.69) is 22.0 Å². The van der Waals surface area contributed by atoms with Gasteiger partial charge >= 0.3 is 0 Å². The molecule has 0 fully saturated rings. The summed E-state index contributed by atoms with van der Waals surface area (Å²) < 4.78 is 13.4. The second-order valence-corrected chi connectivity index (χ2v) is 5.02. The molecule has 0 aliphatic carbocycles. The number of halogens is 1. The van der Waals surface area contributed by atoms with Gasteiger partial charge in [-0.05, 0) is 32.8 Å². The molecule has 1 aromatic rings. The van der Waals surface area contributed by atoms with Crippen molar-refractivity contribution in [3.63, 3.8) is 0 Å². The van der Waals surface area contributed by atoms with Gasteiger partial charge in [-0.25, -0.2) is 4.39 Å². The van der Waals surface area contributed by atoms with E-state index in [0.29, 0.717) is 13.0 Å². The molecule has 4 nitrogen and oxygen atoms in total. The number of nitrogens with zero attached hydrogens (tertiary/aromatic N) is 2. The number of para-hydroxylation sites is 1. The maximum absolute atomic E-state index is 13.4. The number of likely N-dealkylation sites (N-methyl/N-ethyl adjacent to an activating group) is 2. The van der Waals surface area contributed by atoms with Crippen LogP contribution >= 0.6 is 0 Å². The molecule has 0 spiro atoms. The molecule has 0 atom stereocenters. The first-order chi connectivity index (χ1) is 9.52. The van der Waals surface area contributed by atoms with Crippen LogP contribution in [0, 0.1) is 5.82 Å². The highest BCUT2D eigenvalue weighted by atomic mass is 19.1. The topological polar surface area (TPSA) is 35.6 Å². The van der Waals surface area contributed by atoms with Crippen LogP contribution in [0.1, 0.15) is 13.3 Å². The Bertz CT molecular complexity index is 423. The molecule has 0 saturated carbocycles. The second kappa shape index (κ2) is 8.66. The second-order valence-electron chi connectivity index (χ2n) is 5.02. The molecule has 1 aromatic carbocycles. The van der Waals surface area contributed by atoms with E-state index in [1.165, 1.54) is 6.07 Å². The summed E-state index contributed by atoms with van der Waals surface area (Å²) in [4.78, 5) is 16.1. The molecule has 0 aliphatic rings. The Kier molecular flexibility index (Phi) is 7.18. The van der Waals surface area contributed by atoms with Gasteiger partial charge in [-0.15, -0.1) is 0 Å². The minimum atomic E-state index is -0.402. The Labute approximate surface area is 120 Å². The van der Waals surface area contributed by atoms with E-state index in [-0.39, 0.29) is 11.6 Å². The van der Waals surface area contributed by atoms with Crippen molar-refractivity contribution in [2.45, 2.75) is 13.3 Å². The molecule has 0 aromatic heterocycles. The zero-order chi connectivity index (χ0) is 15.0. The van der Waals surface area contributed by atoms with Gasteiger partial charge in [0, 0.05) is 26.1 Å². The molecule has 1 N–H and O–H groups in total. The Morgan fingerprint density at radius 1 is 1.20 bits per heavy atom. The maximum atomic E-state index is 13.4. The van der Waals surface area contributed by atoms with E-state index in [1.54, 1.807) is 18.2 Å². The lowest BCUT2D eigenvalue weighted by Crippen LogP contribution is -2.33. The van der Waals surface area contributed by atoms with Crippen LogP contribution in [0.2, 0.25) is 0 Å². The summed E-state index contributed by atoms with van der Waals surface area (Å²) in [7, 11) is 4.05. The lowest BCUT2D eigenvalue weighted by molar-refractivity contribution is -0.116. The SMILES string of the molecule is CCN(CCC(=O)Nc1ccccc1F)CCN(C)C. The number of nitrogens with one attached hydrogen (secondary N) is 1. The number of carbonyl (C=O) groups is 1. The van der Waals surface area contributed by atoms with Crippen molar-refractivity contribution in [3.05, 3.63) is 30.1 Å². The normalized spacial score (nSPS) is 11.1. The van der Waals surface area contributed by atoms with Gasteiger partial charge < -0.3 is 15.1 Å². The van der Waals surface area contributed by atoms with E-state index in [4.69, 9.17) is 0 Å². The Morgan fingerprint density at radius 3 is 2.50 bits per heavy atom. The van der Waals surface area contributed by atoms with Crippen molar-refractivity contribution in [1.82, 2.24) is 9.80 Å². The first-order valence-corrected chi connectivity index (χ1v) is 6.94. The van der Waals surface area contributed by atoms with Gasteiger partial charge in [0.1, 0.15) is 5.82 Å². The summed E-state index contributed by atoms with van der Waals surface area (Å²) in [5, 5.41) is 2.60. The first-order valence-electron chi connectivity index (χ1n) is 6.94. The molecule has 0 heterocycles. The molecule has 0 aliphatic heterocycles. The van der Waals surface area contributed by atoms with Crippen LogP contribution in [0.5, 0.6) is 0 Å². The van der Waals surface area contributed by atoms with Crippen LogP contribution in [-0.2, 0) is 4.79 Å². The minimum Gasteiger partial charge on any atom is -0.324 e. The quantitative estimate of drug-likeness (QED) is 0.792. The number of amides is 1. The predicted octanol–water partition coefficient (Wildman–Crippen LogP) is 2.04. The largest absolute Gasteiger partial charge is 0.324 e. The highest BCUT2D eigenvalue weighted by Gasteiger charge is 2.09. The summed E-state index contributed by atoms with van der Waals surface area (Å²) in [6, 6.07) is 6.21. The summed E-state index contributed by atoms with van der Waals surface area (Å²) in [5.41, 5.74) is 0.244. The van der Waals surface area contributed by atoms with Gasteiger partial charge in [0.05, 0.1) is 5.69 Å². The van der Waals surface area contributed by atoms with Crippen molar-refractivity contribution < 1.29 is 9.18 Å². The Balaban J connectivity index is 2.37. The first kappa shape index (κ1) is 16.6. The highest BCUT2D eigenvalue weighted by molar-refractivity contribution is 5.90. The zero-order valence-corrected chi connectivity index (χ0v) is 12.5. The van der Waals surface area contributed by atoms with Crippen molar-refractivity contribution in [2.24, 2.45) is 0 Å². The molecular formula is C15H24FN3O. The van der Waals surface area contributed by atoms with Gasteiger partial charge in [0.2, 0.25) is 5.91 Å². The molecule has 20 heavy (non-hydrogen) atoms. The number of anilines is 1. The van der Waals surface area contributed by atoms with E-state index >= 15 is 0 Å². The van der Waals surface area contributed by atoms with Crippen LogP contribution in [-0.4, -0.2) is 56.0 Å². The Morgan fingerprint density at radius 2 is 1.90 bits per heavy atom. The summed E-state index contributed by atoms with van der Waals surface area (Å²) >= 11 is 0. The van der Waals surface area contributed by atoms with Crippen molar-refractivity contribution in [3.8, 4) is 0 Å². The third-order valence-electron chi connectivity index (χ3n) is 3.11. The van der Waals surface area contributed by atoms with Crippen LogP contribution in [0.4, 0.5) is 10.1 Å². The molecular weight excluding hydrogens is 257 g/mol. The molecule has 112 valence electrons. The smallest absolute Gasteiger partial charge is 0.225 e. The predicted molar refractivity (Wildman–Crippen MR) is 80.3 cm³/mol. The van der Waals surface area contributed by atoms with Crippen molar-refractivity contribution in [1.29, 1.82) is 0 Å². The number of hydrogen-bond acceptors (Lipinski definition) is 3. The lowest BCUT2D eigenvalue weighted by atomic mass is 10.3. The third kappa shape index (κ3) is 6.12.